The lowest BCUT2D eigenvalue weighted by atomic mass is 9.82. The maximum absolute atomic E-state index is 11.7. The molecular weight excluding hydrogens is 250 g/mol. The van der Waals surface area contributed by atoms with Crippen molar-refractivity contribution in [3.63, 3.8) is 0 Å². The molecule has 0 bridgehead atoms. The minimum absolute atomic E-state index is 0.291. The molecule has 0 spiro atoms. The lowest BCUT2D eigenvalue weighted by molar-refractivity contribution is -0.148. The molecule has 0 amide bonds. The average molecular weight is 267 g/mol. The first-order chi connectivity index (χ1) is 8.64. The number of nitrogens with two attached hydrogens (primary N) is 1. The summed E-state index contributed by atoms with van der Waals surface area (Å²) in [5.41, 5.74) is 5.29. The van der Waals surface area contributed by atoms with Gasteiger partial charge in [-0.1, -0.05) is 0 Å². The standard InChI is InChI=1S/C12H17N3O2S/c1-17-11(16)12(13)4-2-3-9(7-12)18-10-8-14-5-6-15-10/h5-6,8-9H,2-4,7,13H2,1H3. The predicted molar refractivity (Wildman–Crippen MR) is 69.1 cm³/mol. The molecule has 98 valence electrons. The van der Waals surface area contributed by atoms with Gasteiger partial charge in [-0.25, -0.2) is 4.98 Å². The molecular formula is C12H17N3O2S. The van der Waals surface area contributed by atoms with Gasteiger partial charge in [0.15, 0.2) is 0 Å². The van der Waals surface area contributed by atoms with E-state index in [9.17, 15) is 4.79 Å². The van der Waals surface area contributed by atoms with Crippen LogP contribution in [0.25, 0.3) is 0 Å². The Hall–Kier alpha value is -1.14. The molecule has 1 aliphatic rings. The van der Waals surface area contributed by atoms with Crippen LogP contribution in [0.3, 0.4) is 0 Å². The first kappa shape index (κ1) is 13.3. The maximum atomic E-state index is 11.7. The van der Waals surface area contributed by atoms with E-state index in [0.717, 1.165) is 17.9 Å². The van der Waals surface area contributed by atoms with Gasteiger partial charge in [0, 0.05) is 17.6 Å². The minimum atomic E-state index is -0.840. The number of methoxy groups -OCH3 is 1. The molecule has 1 saturated carbocycles. The van der Waals surface area contributed by atoms with E-state index in [1.807, 2.05) is 0 Å². The number of rotatable bonds is 3. The molecule has 1 aromatic heterocycles. The van der Waals surface area contributed by atoms with Crippen molar-refractivity contribution in [2.24, 2.45) is 5.73 Å². The van der Waals surface area contributed by atoms with Crippen LogP contribution in [-0.4, -0.2) is 33.8 Å². The number of ether oxygens (including phenoxy) is 1. The zero-order chi connectivity index (χ0) is 13.0. The second kappa shape index (κ2) is 5.67. The highest BCUT2D eigenvalue weighted by Gasteiger charge is 2.40. The van der Waals surface area contributed by atoms with Crippen molar-refractivity contribution in [1.29, 1.82) is 0 Å². The number of hydrogen-bond donors (Lipinski definition) is 1. The monoisotopic (exact) mass is 267 g/mol. The summed E-state index contributed by atoms with van der Waals surface area (Å²) in [5, 5.41) is 1.16. The number of carbonyl (C=O) groups is 1. The molecule has 0 aliphatic heterocycles. The fourth-order valence-corrected chi connectivity index (χ4v) is 3.51. The zero-order valence-corrected chi connectivity index (χ0v) is 11.2. The van der Waals surface area contributed by atoms with E-state index in [1.54, 1.807) is 30.4 Å². The summed E-state index contributed by atoms with van der Waals surface area (Å²) >= 11 is 1.63. The van der Waals surface area contributed by atoms with Crippen LogP contribution in [0, 0.1) is 0 Å². The first-order valence-electron chi connectivity index (χ1n) is 5.94. The van der Waals surface area contributed by atoms with Gasteiger partial charge in [0.05, 0.1) is 13.3 Å². The summed E-state index contributed by atoms with van der Waals surface area (Å²) < 4.78 is 4.79. The topological polar surface area (TPSA) is 78.1 Å². The molecule has 0 saturated heterocycles. The van der Waals surface area contributed by atoms with Crippen LogP contribution < -0.4 is 5.73 Å². The van der Waals surface area contributed by atoms with E-state index in [4.69, 9.17) is 10.5 Å². The molecule has 1 aliphatic carbocycles. The number of carbonyl (C=O) groups excluding carboxylic acids is 1. The molecule has 2 unspecified atom stereocenters. The van der Waals surface area contributed by atoms with Crippen LogP contribution in [0.1, 0.15) is 25.7 Å². The van der Waals surface area contributed by atoms with Gasteiger partial charge in [-0.2, -0.15) is 0 Å². The van der Waals surface area contributed by atoms with Crippen molar-refractivity contribution in [2.75, 3.05) is 7.11 Å². The van der Waals surface area contributed by atoms with Crippen molar-refractivity contribution < 1.29 is 9.53 Å². The summed E-state index contributed by atoms with van der Waals surface area (Å²) in [4.78, 5) is 20.0. The lowest BCUT2D eigenvalue weighted by Crippen LogP contribution is -2.52. The molecule has 0 aromatic carbocycles. The summed E-state index contributed by atoms with van der Waals surface area (Å²) in [5.74, 6) is -0.313. The molecule has 0 radical (unpaired) electrons. The Morgan fingerprint density at radius 1 is 1.61 bits per heavy atom. The molecule has 2 N–H and O–H groups in total. The third kappa shape index (κ3) is 3.00. The largest absolute Gasteiger partial charge is 0.468 e. The molecule has 18 heavy (non-hydrogen) atoms. The highest BCUT2D eigenvalue weighted by Crippen LogP contribution is 2.36. The van der Waals surface area contributed by atoms with E-state index >= 15 is 0 Å². The fraction of sp³-hybridized carbons (Fsp3) is 0.583. The Kier molecular flexibility index (Phi) is 4.19. The van der Waals surface area contributed by atoms with Crippen LogP contribution in [0.4, 0.5) is 0 Å². The van der Waals surface area contributed by atoms with Gasteiger partial charge in [-0.3, -0.25) is 9.78 Å². The number of esters is 1. The molecule has 2 rings (SSSR count). The second-order valence-electron chi connectivity index (χ2n) is 4.53. The van der Waals surface area contributed by atoms with Crippen molar-refractivity contribution in [2.45, 2.75) is 41.5 Å². The van der Waals surface area contributed by atoms with Crippen LogP contribution in [0.15, 0.2) is 23.6 Å². The summed E-state index contributed by atoms with van der Waals surface area (Å²) in [7, 11) is 1.39. The third-order valence-corrected chi connectivity index (χ3v) is 4.35. The van der Waals surface area contributed by atoms with Crippen LogP contribution >= 0.6 is 11.8 Å². The molecule has 1 aromatic rings. The highest BCUT2D eigenvalue weighted by atomic mass is 32.2. The van der Waals surface area contributed by atoms with E-state index < -0.39 is 5.54 Å². The number of nitrogens with zero attached hydrogens (tertiary/aromatic N) is 2. The zero-order valence-electron chi connectivity index (χ0n) is 10.3. The van der Waals surface area contributed by atoms with Crippen LogP contribution in [-0.2, 0) is 9.53 Å². The van der Waals surface area contributed by atoms with E-state index in [0.29, 0.717) is 18.1 Å². The van der Waals surface area contributed by atoms with Gasteiger partial charge in [0.1, 0.15) is 10.6 Å². The van der Waals surface area contributed by atoms with Gasteiger partial charge < -0.3 is 10.5 Å². The van der Waals surface area contributed by atoms with Crippen LogP contribution in [0.2, 0.25) is 0 Å². The van der Waals surface area contributed by atoms with E-state index in [2.05, 4.69) is 9.97 Å². The van der Waals surface area contributed by atoms with Gasteiger partial charge in [0.2, 0.25) is 0 Å². The normalized spacial score (nSPS) is 27.8. The Balaban J connectivity index is 2.01. The maximum Gasteiger partial charge on any atom is 0.325 e. The van der Waals surface area contributed by atoms with E-state index in [1.165, 1.54) is 7.11 Å². The van der Waals surface area contributed by atoms with Crippen LogP contribution in [0.5, 0.6) is 0 Å². The summed E-state index contributed by atoms with van der Waals surface area (Å²) in [6, 6.07) is 0. The van der Waals surface area contributed by atoms with Gasteiger partial charge in [-0.15, -0.1) is 11.8 Å². The first-order valence-corrected chi connectivity index (χ1v) is 6.82. The number of hydrogen-bond acceptors (Lipinski definition) is 6. The Morgan fingerprint density at radius 3 is 3.11 bits per heavy atom. The SMILES string of the molecule is COC(=O)C1(N)CCCC(Sc2cnccn2)C1. The van der Waals surface area contributed by atoms with Gasteiger partial charge >= 0.3 is 5.97 Å². The second-order valence-corrected chi connectivity index (χ2v) is 5.85. The lowest BCUT2D eigenvalue weighted by Gasteiger charge is -2.34. The Bertz CT molecular complexity index is 415. The molecule has 5 nitrogen and oxygen atoms in total. The number of thioether (sulfide) groups is 1. The fourth-order valence-electron chi connectivity index (χ4n) is 2.26. The van der Waals surface area contributed by atoms with Crippen molar-refractivity contribution in [1.82, 2.24) is 9.97 Å². The van der Waals surface area contributed by atoms with Crippen molar-refractivity contribution in [3.8, 4) is 0 Å². The smallest absolute Gasteiger partial charge is 0.325 e. The molecule has 1 heterocycles. The van der Waals surface area contributed by atoms with Gasteiger partial charge in [-0.05, 0) is 25.7 Å². The number of aromatic nitrogens is 2. The quantitative estimate of drug-likeness (QED) is 0.834. The summed E-state index contributed by atoms with van der Waals surface area (Å²) in [6.07, 6.45) is 8.34. The Morgan fingerprint density at radius 2 is 2.44 bits per heavy atom. The van der Waals surface area contributed by atoms with Gasteiger partial charge in [0.25, 0.3) is 0 Å². The van der Waals surface area contributed by atoms with Crippen molar-refractivity contribution in [3.05, 3.63) is 18.6 Å². The Labute approximate surface area is 111 Å². The highest BCUT2D eigenvalue weighted by molar-refractivity contribution is 7.99. The van der Waals surface area contributed by atoms with E-state index in [-0.39, 0.29) is 5.97 Å². The molecule has 2 atom stereocenters. The third-order valence-electron chi connectivity index (χ3n) is 3.16. The molecule has 1 fully saturated rings. The predicted octanol–water partition coefficient (Wildman–Crippen LogP) is 1.38. The minimum Gasteiger partial charge on any atom is -0.468 e. The van der Waals surface area contributed by atoms with Crippen molar-refractivity contribution >= 4 is 17.7 Å². The molecule has 6 heteroatoms. The summed E-state index contributed by atoms with van der Waals surface area (Å²) in [6.45, 7) is 0. The average Bonchev–Trinajstić information content (AvgIpc) is 2.39.